The highest BCUT2D eigenvalue weighted by Gasteiger charge is 2.46. The molecule has 1 aromatic heterocycles. The Morgan fingerprint density at radius 2 is 1.80 bits per heavy atom. The van der Waals surface area contributed by atoms with Crippen molar-refractivity contribution in [3.05, 3.63) is 36.4 Å². The second-order valence-electron chi connectivity index (χ2n) is 11.0. The summed E-state index contributed by atoms with van der Waals surface area (Å²) in [5.41, 5.74) is 1.33. The van der Waals surface area contributed by atoms with Crippen LogP contribution in [0.15, 0.2) is 36.4 Å². The molecule has 0 atom stereocenters. The van der Waals surface area contributed by atoms with Crippen molar-refractivity contribution in [1.29, 1.82) is 0 Å². The van der Waals surface area contributed by atoms with Crippen LogP contribution in [0.25, 0.3) is 21.8 Å². The first-order valence-corrected chi connectivity index (χ1v) is 14.0. The molecule has 0 bridgehead atoms. The van der Waals surface area contributed by atoms with E-state index in [0.717, 1.165) is 53.5 Å². The lowest BCUT2D eigenvalue weighted by atomic mass is 9.83. The van der Waals surface area contributed by atoms with E-state index < -0.39 is 17.7 Å². The Balaban J connectivity index is 1.35. The smallest absolute Gasteiger partial charge is 0.490 e. The summed E-state index contributed by atoms with van der Waals surface area (Å²) in [6, 6.07) is 11.7. The highest BCUT2D eigenvalue weighted by molar-refractivity contribution is 6.08. The molecule has 5 rings (SSSR count). The van der Waals surface area contributed by atoms with E-state index >= 15 is 0 Å². The molecule has 0 spiro atoms. The molecule has 0 radical (unpaired) electrons. The number of anilines is 1. The third-order valence-corrected chi connectivity index (χ3v) is 8.00. The topological polar surface area (TPSA) is 72.9 Å². The molecule has 1 aliphatic heterocycles. The lowest BCUT2D eigenvalue weighted by Crippen LogP contribution is -2.42. The number of esters is 1. The molecule has 2 heterocycles. The molecule has 1 saturated carbocycles. The fourth-order valence-corrected chi connectivity index (χ4v) is 5.76. The Morgan fingerprint density at radius 3 is 2.50 bits per heavy atom. The van der Waals surface area contributed by atoms with Crippen molar-refractivity contribution in [1.82, 2.24) is 9.88 Å². The summed E-state index contributed by atoms with van der Waals surface area (Å²) >= 11 is 0. The van der Waals surface area contributed by atoms with Crippen molar-refractivity contribution >= 4 is 33.5 Å². The summed E-state index contributed by atoms with van der Waals surface area (Å²) in [7, 11) is 1.62. The standard InChI is InChI=1S/C30H36F3N3O4/c1-29(40-28(37)30(31,32)33)12-10-20(11-13-29)34-27-21-8-3-4-9-23(21)35-24-19-26(25(38-2)18-22(24)27)39-17-7-16-36-14-5-6-15-36/h3-4,8-9,18-20H,5-7,10-17H2,1-2H3,(H,34,35). The lowest BCUT2D eigenvalue weighted by Gasteiger charge is -2.37. The molecule has 2 aromatic carbocycles. The second-order valence-corrected chi connectivity index (χ2v) is 11.0. The van der Waals surface area contributed by atoms with Crippen molar-refractivity contribution in [3.63, 3.8) is 0 Å². The van der Waals surface area contributed by atoms with E-state index in [4.69, 9.17) is 19.2 Å². The van der Waals surface area contributed by atoms with Gasteiger partial charge in [-0.1, -0.05) is 18.2 Å². The van der Waals surface area contributed by atoms with Gasteiger partial charge in [0.05, 0.1) is 30.4 Å². The van der Waals surface area contributed by atoms with Crippen molar-refractivity contribution in [3.8, 4) is 11.5 Å². The zero-order chi connectivity index (χ0) is 28.3. The molecular weight excluding hydrogens is 523 g/mol. The number of para-hydroxylation sites is 1. The van der Waals surface area contributed by atoms with Crippen LogP contribution in [0, 0.1) is 0 Å². The molecule has 1 saturated heterocycles. The van der Waals surface area contributed by atoms with E-state index in [-0.39, 0.29) is 6.04 Å². The number of nitrogens with zero attached hydrogens (tertiary/aromatic N) is 2. The number of carbonyl (C=O) groups excluding carboxylic acids is 1. The maximum atomic E-state index is 12.8. The highest BCUT2D eigenvalue weighted by atomic mass is 19.4. The van der Waals surface area contributed by atoms with Crippen molar-refractivity contribution < 1.29 is 32.2 Å². The van der Waals surface area contributed by atoms with Crippen LogP contribution in [0.5, 0.6) is 11.5 Å². The summed E-state index contributed by atoms with van der Waals surface area (Å²) in [4.78, 5) is 18.8. The van der Waals surface area contributed by atoms with Crippen LogP contribution >= 0.6 is 0 Å². The number of halogens is 3. The molecule has 1 aliphatic carbocycles. The van der Waals surface area contributed by atoms with Crippen molar-refractivity contribution in [2.75, 3.05) is 38.7 Å². The van der Waals surface area contributed by atoms with E-state index in [1.165, 1.54) is 12.8 Å². The SMILES string of the molecule is COc1cc2c(NC3CCC(C)(OC(=O)C(F)(F)F)CC3)c3ccccc3nc2cc1OCCCN1CCCC1. The molecule has 10 heteroatoms. The van der Waals surface area contributed by atoms with Gasteiger partial charge >= 0.3 is 12.1 Å². The van der Waals surface area contributed by atoms with Gasteiger partial charge in [0.2, 0.25) is 0 Å². The number of fused-ring (bicyclic) bond motifs is 2. The van der Waals surface area contributed by atoms with E-state index in [1.807, 2.05) is 36.4 Å². The Morgan fingerprint density at radius 1 is 1.07 bits per heavy atom. The van der Waals surface area contributed by atoms with E-state index in [2.05, 4.69) is 10.2 Å². The number of alkyl halides is 3. The number of hydrogen-bond acceptors (Lipinski definition) is 7. The van der Waals surface area contributed by atoms with Crippen molar-refractivity contribution in [2.45, 2.75) is 69.7 Å². The van der Waals surface area contributed by atoms with Crippen molar-refractivity contribution in [2.24, 2.45) is 0 Å². The first-order chi connectivity index (χ1) is 19.1. The molecule has 3 aromatic rings. The van der Waals surface area contributed by atoms with Gasteiger partial charge in [-0.05, 0) is 77.1 Å². The van der Waals surface area contributed by atoms with Crippen LogP contribution in [0.1, 0.15) is 51.9 Å². The van der Waals surface area contributed by atoms with Gasteiger partial charge in [-0.15, -0.1) is 0 Å². The first-order valence-electron chi connectivity index (χ1n) is 14.0. The average molecular weight is 560 g/mol. The summed E-state index contributed by atoms with van der Waals surface area (Å²) in [6.07, 6.45) is 0.213. The van der Waals surface area contributed by atoms with Gasteiger partial charge < -0.3 is 24.4 Å². The largest absolute Gasteiger partial charge is 0.493 e. The number of carbonyl (C=O) groups is 1. The molecule has 2 aliphatic rings. The van der Waals surface area contributed by atoms with Gasteiger partial charge in [0.25, 0.3) is 0 Å². The Hall–Kier alpha value is -3.27. The van der Waals surface area contributed by atoms with Crippen LogP contribution < -0.4 is 14.8 Å². The minimum absolute atomic E-state index is 0.0146. The summed E-state index contributed by atoms with van der Waals surface area (Å²) < 4.78 is 55.0. The fourth-order valence-electron chi connectivity index (χ4n) is 5.76. The minimum atomic E-state index is -5.00. The first kappa shape index (κ1) is 28.3. The number of nitrogens with one attached hydrogen (secondary N) is 1. The van der Waals surface area contributed by atoms with Crippen LogP contribution in [0.2, 0.25) is 0 Å². The van der Waals surface area contributed by atoms with E-state index in [0.29, 0.717) is 43.8 Å². The molecule has 1 N–H and O–H groups in total. The van der Waals surface area contributed by atoms with Crippen LogP contribution in [-0.4, -0.2) is 67.0 Å². The lowest BCUT2D eigenvalue weighted by molar-refractivity contribution is -0.215. The highest BCUT2D eigenvalue weighted by Crippen LogP contribution is 2.40. The average Bonchev–Trinajstić information content (AvgIpc) is 3.45. The molecule has 216 valence electrons. The predicted molar refractivity (Wildman–Crippen MR) is 148 cm³/mol. The van der Waals surface area contributed by atoms with Crippen LogP contribution in [0.4, 0.5) is 18.9 Å². The van der Waals surface area contributed by atoms with Gasteiger partial charge in [0.15, 0.2) is 11.5 Å². The number of pyridine rings is 1. The third kappa shape index (κ3) is 6.37. The second kappa shape index (κ2) is 11.7. The number of methoxy groups -OCH3 is 1. The van der Waals surface area contributed by atoms with E-state index in [1.54, 1.807) is 14.0 Å². The number of benzene rings is 2. The molecule has 0 amide bonds. The van der Waals surface area contributed by atoms with Crippen LogP contribution in [-0.2, 0) is 9.53 Å². The fraction of sp³-hybridized carbons (Fsp3) is 0.533. The summed E-state index contributed by atoms with van der Waals surface area (Å²) in [5.74, 6) is -0.872. The number of aromatic nitrogens is 1. The Kier molecular flexibility index (Phi) is 8.26. The number of ether oxygens (including phenoxy) is 3. The molecule has 2 fully saturated rings. The van der Waals surface area contributed by atoms with Gasteiger partial charge in [0, 0.05) is 29.4 Å². The third-order valence-electron chi connectivity index (χ3n) is 8.00. The van der Waals surface area contributed by atoms with Crippen LogP contribution in [0.3, 0.4) is 0 Å². The Bertz CT molecular complexity index is 1350. The quantitative estimate of drug-likeness (QED) is 0.183. The normalized spacial score (nSPS) is 22.0. The van der Waals surface area contributed by atoms with E-state index in [9.17, 15) is 18.0 Å². The molecule has 7 nitrogen and oxygen atoms in total. The van der Waals surface area contributed by atoms with Gasteiger partial charge in [-0.3, -0.25) is 0 Å². The number of hydrogen-bond donors (Lipinski definition) is 1. The molecule has 40 heavy (non-hydrogen) atoms. The predicted octanol–water partition coefficient (Wildman–Crippen LogP) is 6.48. The zero-order valence-corrected chi connectivity index (χ0v) is 23.0. The summed E-state index contributed by atoms with van der Waals surface area (Å²) in [6.45, 7) is 5.48. The van der Waals surface area contributed by atoms with Gasteiger partial charge in [-0.25, -0.2) is 9.78 Å². The number of rotatable bonds is 9. The Labute approximate surface area is 232 Å². The zero-order valence-electron chi connectivity index (χ0n) is 23.0. The van der Waals surface area contributed by atoms with Gasteiger partial charge in [0.1, 0.15) is 5.60 Å². The maximum absolute atomic E-state index is 12.8. The summed E-state index contributed by atoms with van der Waals surface area (Å²) in [5, 5.41) is 5.45. The van der Waals surface area contributed by atoms with Gasteiger partial charge in [-0.2, -0.15) is 13.2 Å². The minimum Gasteiger partial charge on any atom is -0.493 e. The number of likely N-dealkylation sites (tertiary alicyclic amines) is 1. The molecule has 0 unspecified atom stereocenters. The maximum Gasteiger partial charge on any atom is 0.490 e. The molecular formula is C30H36F3N3O4. The monoisotopic (exact) mass is 559 g/mol.